The lowest BCUT2D eigenvalue weighted by molar-refractivity contribution is -0.484. The van der Waals surface area contributed by atoms with Crippen molar-refractivity contribution in [2.75, 3.05) is 18.1 Å². The highest BCUT2D eigenvalue weighted by Gasteiger charge is 2.32. The summed E-state index contributed by atoms with van der Waals surface area (Å²) in [7, 11) is 0. The quantitative estimate of drug-likeness (QED) is 0.0703. The number of ether oxygens (including phenoxy) is 1. The van der Waals surface area contributed by atoms with Crippen LogP contribution in [0.15, 0.2) is 65.7 Å². The Bertz CT molecular complexity index is 1190. The summed E-state index contributed by atoms with van der Waals surface area (Å²) in [6.45, 7) is 3.17. The second kappa shape index (κ2) is 16.8. The van der Waals surface area contributed by atoms with Gasteiger partial charge in [0.2, 0.25) is 11.8 Å². The fourth-order valence-corrected chi connectivity index (χ4v) is 3.67. The first-order valence-corrected chi connectivity index (χ1v) is 13.0. The van der Waals surface area contributed by atoms with Gasteiger partial charge in [0, 0.05) is 11.5 Å². The molecule has 41 heavy (non-hydrogen) atoms. The number of anilines is 1. The number of nitrogens with one attached hydrogen (secondary N) is 4. The smallest absolute Gasteiger partial charge is 0.408 e. The predicted molar refractivity (Wildman–Crippen MR) is 151 cm³/mol. The van der Waals surface area contributed by atoms with Crippen LogP contribution in [0.25, 0.3) is 0 Å². The lowest BCUT2D eigenvalue weighted by Gasteiger charge is -2.22. The first kappa shape index (κ1) is 32.2. The Morgan fingerprint density at radius 1 is 0.976 bits per heavy atom. The van der Waals surface area contributed by atoms with Crippen molar-refractivity contribution in [2.24, 2.45) is 22.4 Å². The molecule has 0 aliphatic carbocycles. The number of amides is 4. The van der Waals surface area contributed by atoms with Crippen LogP contribution in [0.1, 0.15) is 32.3 Å². The number of aliphatic imine (C=N–C) groups is 1. The molecule has 0 aliphatic heterocycles. The van der Waals surface area contributed by atoms with Crippen LogP contribution in [0.4, 0.5) is 10.5 Å². The zero-order chi connectivity index (χ0) is 30.2. The first-order valence-electron chi connectivity index (χ1n) is 13.0. The molecular weight excluding hydrogens is 532 g/mol. The fourth-order valence-electron chi connectivity index (χ4n) is 3.67. The molecule has 4 amide bonds. The van der Waals surface area contributed by atoms with Crippen LogP contribution in [0.3, 0.4) is 0 Å². The largest absolute Gasteiger partial charge is 0.445 e. The van der Waals surface area contributed by atoms with Gasteiger partial charge in [-0.2, -0.15) is 0 Å². The molecule has 2 aromatic carbocycles. The van der Waals surface area contributed by atoms with Crippen molar-refractivity contribution in [1.29, 1.82) is 0 Å². The number of guanidine groups is 1. The Kier molecular flexibility index (Phi) is 13.2. The van der Waals surface area contributed by atoms with E-state index in [0.717, 1.165) is 10.6 Å². The number of alkyl carbamates (subject to hydrolysis) is 1. The molecule has 2 atom stereocenters. The predicted octanol–water partition coefficient (Wildman–Crippen LogP) is -0.613. The monoisotopic (exact) mass is 569 g/mol. The number of nitroso groups, excluding NO2 is 1. The maximum Gasteiger partial charge on any atom is 0.408 e. The molecule has 0 saturated heterocycles. The Hall–Kier alpha value is -5.01. The van der Waals surface area contributed by atoms with E-state index in [2.05, 4.69) is 20.9 Å². The Morgan fingerprint density at radius 3 is 2.20 bits per heavy atom. The van der Waals surface area contributed by atoms with Gasteiger partial charge in [-0.25, -0.2) is 4.79 Å². The van der Waals surface area contributed by atoms with Gasteiger partial charge in [-0.1, -0.05) is 62.4 Å². The molecule has 0 fully saturated rings. The van der Waals surface area contributed by atoms with E-state index in [9.17, 15) is 24.1 Å². The van der Waals surface area contributed by atoms with E-state index in [4.69, 9.17) is 16.2 Å². The molecule has 14 heteroatoms. The van der Waals surface area contributed by atoms with E-state index in [1.165, 1.54) is 0 Å². The van der Waals surface area contributed by atoms with Gasteiger partial charge in [0.15, 0.2) is 5.96 Å². The van der Waals surface area contributed by atoms with Crippen LogP contribution in [-0.2, 0) is 25.7 Å². The van der Waals surface area contributed by atoms with E-state index in [-0.39, 0.29) is 37.1 Å². The fraction of sp³-hybridized carbons (Fsp3) is 0.370. The van der Waals surface area contributed by atoms with Crippen LogP contribution in [0.2, 0.25) is 0 Å². The number of carbonyl (C=O) groups is 4. The molecule has 8 N–H and O–H groups in total. The summed E-state index contributed by atoms with van der Waals surface area (Å²) in [4.78, 5) is 66.5. The molecule has 0 heterocycles. The summed E-state index contributed by atoms with van der Waals surface area (Å²) in [5.41, 5.74) is 11.7. The van der Waals surface area contributed by atoms with Crippen molar-refractivity contribution in [3.63, 3.8) is 0 Å². The van der Waals surface area contributed by atoms with Gasteiger partial charge in [0.25, 0.3) is 0 Å². The number of hydrogen-bond acceptors (Lipinski definition) is 7. The van der Waals surface area contributed by atoms with Gasteiger partial charge < -0.3 is 32.2 Å². The maximum absolute atomic E-state index is 13.2. The summed E-state index contributed by atoms with van der Waals surface area (Å²) in [5.74, 6) is -2.47. The lowest BCUT2D eigenvalue weighted by atomic mass is 10.0. The van der Waals surface area contributed by atoms with Crippen LogP contribution < -0.4 is 37.7 Å². The molecule has 2 rings (SSSR count). The number of benzene rings is 2. The molecule has 0 radical (unpaired) electrons. The molecule has 2 aromatic rings. The number of carbonyl (C=O) groups excluding carboxylic acids is 4. The van der Waals surface area contributed by atoms with Crippen LogP contribution >= 0.6 is 0 Å². The summed E-state index contributed by atoms with van der Waals surface area (Å²) in [6, 6.07) is 15.0. The Labute approximate surface area is 237 Å². The molecule has 0 bridgehead atoms. The Morgan fingerprint density at radius 2 is 1.61 bits per heavy atom. The zero-order valence-electron chi connectivity index (χ0n) is 23.0. The summed E-state index contributed by atoms with van der Waals surface area (Å²) in [5, 5.41) is 9.88. The van der Waals surface area contributed by atoms with Crippen molar-refractivity contribution >= 4 is 35.5 Å². The van der Waals surface area contributed by atoms with Crippen LogP contribution in [0.5, 0.6) is 0 Å². The van der Waals surface area contributed by atoms with E-state index in [1.54, 1.807) is 61.6 Å². The third-order valence-electron chi connectivity index (χ3n) is 5.76. The molecule has 0 aromatic heterocycles. The van der Waals surface area contributed by atoms with E-state index in [1.807, 2.05) is 18.2 Å². The van der Waals surface area contributed by atoms with E-state index in [0.29, 0.717) is 6.42 Å². The molecular formula is C27H37N8O6+. The second-order valence-corrected chi connectivity index (χ2v) is 9.31. The first-order chi connectivity index (χ1) is 19.6. The van der Waals surface area contributed by atoms with Crippen LogP contribution in [0, 0.1) is 10.8 Å². The van der Waals surface area contributed by atoms with Gasteiger partial charge in [0.1, 0.15) is 29.7 Å². The minimum atomic E-state index is -1.14. The third kappa shape index (κ3) is 11.3. The highest BCUT2D eigenvalue weighted by atomic mass is 16.5. The summed E-state index contributed by atoms with van der Waals surface area (Å²) >= 11 is 0. The molecule has 0 saturated carbocycles. The standard InChI is InChI=1S/C27H36N8O6/c1-18(2)23(33-27(39)41-17-19-10-5-3-6-11-19)24(37)31-16-22(36)32-21(14-9-15-30-26(28)29)25(38)35(34-40)20-12-7-4-8-13-20/h3-8,10-13,18,21,23H,9,14-17H2,1-2H3,(H,31,37)(H,32,36)(H,33,39)(H4,28,29,30)/p+1/t21-,23-/m0/s1. The van der Waals surface area contributed by atoms with Gasteiger partial charge in [-0.05, 0) is 41.5 Å². The average Bonchev–Trinajstić information content (AvgIpc) is 2.96. The molecule has 0 unspecified atom stereocenters. The number of nitrogens with two attached hydrogens (primary N) is 2. The molecule has 0 spiro atoms. The number of hydrogen-bond donors (Lipinski definition) is 6. The lowest BCUT2D eigenvalue weighted by Crippen LogP contribution is -2.82. The topological polar surface area (TPSA) is 212 Å². The highest BCUT2D eigenvalue weighted by molar-refractivity contribution is 5.98. The third-order valence-corrected chi connectivity index (χ3v) is 5.76. The van der Waals surface area contributed by atoms with Crippen molar-refractivity contribution in [2.45, 2.75) is 45.4 Å². The molecule has 0 aliphatic rings. The van der Waals surface area contributed by atoms with Crippen LogP contribution in [-0.4, -0.2) is 54.9 Å². The average molecular weight is 570 g/mol. The highest BCUT2D eigenvalue weighted by Crippen LogP contribution is 2.12. The number of hydrazine groups is 1. The van der Waals surface area contributed by atoms with Crippen molar-refractivity contribution in [1.82, 2.24) is 16.0 Å². The van der Waals surface area contributed by atoms with Crippen molar-refractivity contribution < 1.29 is 29.2 Å². The minimum absolute atomic E-state index is 0.0261. The van der Waals surface area contributed by atoms with E-state index < -0.39 is 42.4 Å². The second-order valence-electron chi connectivity index (χ2n) is 9.31. The normalized spacial score (nSPS) is 11.9. The van der Waals surface area contributed by atoms with Gasteiger partial charge >= 0.3 is 12.0 Å². The van der Waals surface area contributed by atoms with Gasteiger partial charge in [-0.3, -0.25) is 19.4 Å². The molecule has 14 nitrogen and oxygen atoms in total. The van der Waals surface area contributed by atoms with Crippen molar-refractivity contribution in [3.05, 3.63) is 71.1 Å². The summed E-state index contributed by atoms with van der Waals surface area (Å²) < 4.78 is 5.19. The zero-order valence-corrected chi connectivity index (χ0v) is 23.0. The summed E-state index contributed by atoms with van der Waals surface area (Å²) in [6.07, 6.45) is -0.374. The van der Waals surface area contributed by atoms with Crippen molar-refractivity contribution in [3.8, 4) is 0 Å². The number of para-hydroxylation sites is 1. The number of nitrogens with zero attached hydrogens (tertiary/aromatic N) is 2. The van der Waals surface area contributed by atoms with E-state index >= 15 is 0 Å². The number of rotatable bonds is 15. The SMILES string of the molecule is CC(C)[C@H](NC(=O)OCc1ccccc1)C(=O)NCC(=O)N[C@@H](CCCN=C(N)N)C(=O)N([NH+]=O)c1ccccc1. The van der Waals surface area contributed by atoms with Gasteiger partial charge in [0.05, 0.1) is 6.54 Å². The maximum atomic E-state index is 13.2. The Balaban J connectivity index is 1.99. The molecule has 220 valence electrons. The minimum Gasteiger partial charge on any atom is -0.445 e. The van der Waals surface area contributed by atoms with Gasteiger partial charge in [-0.15, -0.1) is 0 Å².